The fourth-order valence-corrected chi connectivity index (χ4v) is 6.26. The lowest BCUT2D eigenvalue weighted by atomic mass is 9.56. The maximum atomic E-state index is 14.5. The number of likely N-dealkylation sites (tertiary alicyclic amines) is 1. The molecule has 1 spiro atoms. The molecule has 1 saturated heterocycles. The quantitative estimate of drug-likeness (QED) is 0.744. The lowest BCUT2D eigenvalue weighted by molar-refractivity contribution is 0.0711. The van der Waals surface area contributed by atoms with E-state index in [-0.39, 0.29) is 17.3 Å². The molecule has 0 N–H and O–H groups in total. The maximum absolute atomic E-state index is 14.5. The number of hydrogen-bond donors (Lipinski definition) is 0. The van der Waals surface area contributed by atoms with Crippen molar-refractivity contribution in [2.24, 2.45) is 0 Å². The second-order valence-corrected chi connectivity index (χ2v) is 9.01. The van der Waals surface area contributed by atoms with Crippen LogP contribution in [0.15, 0.2) is 59.4 Å². The van der Waals surface area contributed by atoms with Crippen LogP contribution in [0.4, 0.5) is 4.39 Å². The molecule has 4 aliphatic rings. The maximum Gasteiger partial charge on any atom is 0.169 e. The van der Waals surface area contributed by atoms with Crippen LogP contribution in [0.2, 0.25) is 0 Å². The molecule has 6 rings (SSSR count). The molecular formula is C26H26FNO3. The van der Waals surface area contributed by atoms with Gasteiger partial charge >= 0.3 is 0 Å². The van der Waals surface area contributed by atoms with Gasteiger partial charge in [-0.2, -0.15) is 0 Å². The van der Waals surface area contributed by atoms with Crippen LogP contribution in [0, 0.1) is 5.82 Å². The molecule has 0 radical (unpaired) electrons. The van der Waals surface area contributed by atoms with Crippen molar-refractivity contribution < 1.29 is 18.6 Å². The van der Waals surface area contributed by atoms with E-state index in [1.807, 2.05) is 18.2 Å². The van der Waals surface area contributed by atoms with Crippen LogP contribution >= 0.6 is 0 Å². The van der Waals surface area contributed by atoms with Crippen LogP contribution in [0.3, 0.4) is 0 Å². The summed E-state index contributed by atoms with van der Waals surface area (Å²) in [5.74, 6) is 2.23. The first-order chi connectivity index (χ1) is 15.1. The third-order valence-electron chi connectivity index (χ3n) is 7.68. The van der Waals surface area contributed by atoms with Gasteiger partial charge in [-0.3, -0.25) is 4.90 Å². The molecule has 5 heteroatoms. The summed E-state index contributed by atoms with van der Waals surface area (Å²) in [6.07, 6.45) is 4.42. The van der Waals surface area contributed by atoms with Gasteiger partial charge in [-0.05, 0) is 60.8 Å². The van der Waals surface area contributed by atoms with Crippen LogP contribution in [0.1, 0.15) is 23.1 Å². The van der Waals surface area contributed by atoms with Crippen LogP contribution in [0.25, 0.3) is 0 Å². The number of nitrogens with zero attached hydrogens (tertiary/aromatic N) is 1. The van der Waals surface area contributed by atoms with Gasteiger partial charge in [0.25, 0.3) is 0 Å². The fraction of sp³-hybridized carbons (Fsp3) is 0.385. The molecular weight excluding hydrogens is 393 g/mol. The second-order valence-electron chi connectivity index (χ2n) is 9.01. The van der Waals surface area contributed by atoms with E-state index in [9.17, 15) is 4.39 Å². The monoisotopic (exact) mass is 419 g/mol. The molecule has 0 unspecified atom stereocenters. The molecule has 160 valence electrons. The van der Waals surface area contributed by atoms with Crippen LogP contribution in [-0.4, -0.2) is 44.9 Å². The predicted octanol–water partition coefficient (Wildman–Crippen LogP) is 4.18. The third-order valence-corrected chi connectivity index (χ3v) is 7.68. The molecule has 4 nitrogen and oxygen atoms in total. The number of allylic oxidation sites excluding steroid dienone is 2. The Labute approximate surface area is 181 Å². The van der Waals surface area contributed by atoms with E-state index in [2.05, 4.69) is 24.1 Å². The first-order valence-corrected chi connectivity index (χ1v) is 10.9. The Morgan fingerprint density at radius 1 is 1.16 bits per heavy atom. The molecule has 0 amide bonds. The zero-order chi connectivity index (χ0) is 21.3. The van der Waals surface area contributed by atoms with Gasteiger partial charge in [0.1, 0.15) is 11.6 Å². The molecule has 2 heterocycles. The number of benzene rings is 2. The van der Waals surface area contributed by atoms with Gasteiger partial charge in [0.15, 0.2) is 17.6 Å². The average molecular weight is 419 g/mol. The van der Waals surface area contributed by atoms with Gasteiger partial charge in [0.2, 0.25) is 0 Å². The molecule has 0 aromatic heterocycles. The molecule has 2 aromatic rings. The second kappa shape index (κ2) is 6.60. The Morgan fingerprint density at radius 2 is 2.00 bits per heavy atom. The zero-order valence-corrected chi connectivity index (χ0v) is 18.1. The van der Waals surface area contributed by atoms with Crippen molar-refractivity contribution in [3.63, 3.8) is 0 Å². The van der Waals surface area contributed by atoms with E-state index in [0.717, 1.165) is 42.2 Å². The predicted molar refractivity (Wildman–Crippen MR) is 116 cm³/mol. The number of rotatable bonds is 4. The molecule has 31 heavy (non-hydrogen) atoms. The first kappa shape index (κ1) is 18.9. The summed E-state index contributed by atoms with van der Waals surface area (Å²) in [6, 6.07) is 11.5. The smallest absolute Gasteiger partial charge is 0.169 e. The summed E-state index contributed by atoms with van der Waals surface area (Å²) in [6.45, 7) is 0.998. The molecule has 3 atom stereocenters. The topological polar surface area (TPSA) is 30.9 Å². The number of piperidine rings is 1. The molecule has 0 saturated carbocycles. The molecule has 1 fully saturated rings. The third kappa shape index (κ3) is 2.38. The zero-order valence-electron chi connectivity index (χ0n) is 18.1. The Hall–Kier alpha value is -2.79. The van der Waals surface area contributed by atoms with E-state index in [1.54, 1.807) is 20.3 Å². The SMILES string of the molecule is COC1=C(Cc2ccccc2F)C=C2[C@H]3Cc4ccc(OC)c5c4[C@@]2(CCN3C)[C@H]1O5. The van der Waals surface area contributed by atoms with E-state index in [1.165, 1.54) is 22.8 Å². The van der Waals surface area contributed by atoms with Gasteiger partial charge in [0, 0.05) is 18.0 Å². The summed E-state index contributed by atoms with van der Waals surface area (Å²) >= 11 is 0. The standard InChI is InChI=1S/C26H26FNO3/c1-28-11-10-26-18-13-17(12-15-6-4-5-7-19(15)27)23(30-3)25(26)31-24-21(29-2)9-8-16(22(24)26)14-20(18)28/h4-9,13,20,25H,10-12,14H2,1-3H3/t20-,25+,26+/m1/s1. The highest BCUT2D eigenvalue weighted by Crippen LogP contribution is 2.63. The van der Waals surface area contributed by atoms with Crippen LogP contribution in [0.5, 0.6) is 11.5 Å². The van der Waals surface area contributed by atoms with Crippen molar-refractivity contribution in [1.82, 2.24) is 4.90 Å². The molecule has 2 bridgehead atoms. The minimum absolute atomic E-state index is 0.190. The van der Waals surface area contributed by atoms with Crippen molar-refractivity contribution in [3.05, 3.63) is 81.9 Å². The summed E-state index contributed by atoms with van der Waals surface area (Å²) < 4.78 is 32.8. The Balaban J connectivity index is 1.58. The first-order valence-electron chi connectivity index (χ1n) is 10.9. The highest BCUT2D eigenvalue weighted by atomic mass is 19.1. The Bertz CT molecular complexity index is 1150. The van der Waals surface area contributed by atoms with E-state index in [4.69, 9.17) is 14.2 Å². The van der Waals surface area contributed by atoms with Crippen molar-refractivity contribution in [1.29, 1.82) is 0 Å². The number of ether oxygens (including phenoxy) is 3. The minimum Gasteiger partial charge on any atom is -0.497 e. The van der Waals surface area contributed by atoms with Gasteiger partial charge < -0.3 is 14.2 Å². The van der Waals surface area contributed by atoms with Gasteiger partial charge in [0.05, 0.1) is 19.6 Å². The van der Waals surface area contributed by atoms with E-state index >= 15 is 0 Å². The van der Waals surface area contributed by atoms with Crippen molar-refractivity contribution in [3.8, 4) is 11.5 Å². The van der Waals surface area contributed by atoms with Crippen LogP contribution < -0.4 is 9.47 Å². The Kier molecular flexibility index (Phi) is 4.03. The molecule has 2 aromatic carbocycles. The lowest BCUT2D eigenvalue weighted by Crippen LogP contribution is -2.59. The summed E-state index contributed by atoms with van der Waals surface area (Å²) in [5.41, 5.74) is 5.41. The fourth-order valence-electron chi connectivity index (χ4n) is 6.26. The lowest BCUT2D eigenvalue weighted by Gasteiger charge is -2.53. The molecule has 2 aliphatic carbocycles. The normalized spacial score (nSPS) is 28.1. The average Bonchev–Trinajstić information content (AvgIpc) is 3.12. The van der Waals surface area contributed by atoms with E-state index in [0.29, 0.717) is 18.0 Å². The van der Waals surface area contributed by atoms with Gasteiger partial charge in [-0.1, -0.05) is 30.3 Å². The minimum atomic E-state index is -0.249. The summed E-state index contributed by atoms with van der Waals surface area (Å²) in [7, 11) is 5.59. The van der Waals surface area contributed by atoms with Crippen molar-refractivity contribution in [2.75, 3.05) is 27.8 Å². The highest BCUT2D eigenvalue weighted by molar-refractivity contribution is 5.68. The van der Waals surface area contributed by atoms with Crippen molar-refractivity contribution >= 4 is 0 Å². The van der Waals surface area contributed by atoms with E-state index < -0.39 is 0 Å². The number of hydrogen-bond acceptors (Lipinski definition) is 4. The summed E-state index contributed by atoms with van der Waals surface area (Å²) in [4.78, 5) is 2.44. The molecule has 2 aliphatic heterocycles. The number of likely N-dealkylation sites (N-methyl/N-ethyl adjacent to an activating group) is 1. The van der Waals surface area contributed by atoms with Crippen LogP contribution in [-0.2, 0) is 23.0 Å². The highest BCUT2D eigenvalue weighted by Gasteiger charge is 2.62. The summed E-state index contributed by atoms with van der Waals surface area (Å²) in [5, 5.41) is 0. The van der Waals surface area contributed by atoms with Gasteiger partial charge in [-0.25, -0.2) is 4.39 Å². The Morgan fingerprint density at radius 3 is 2.77 bits per heavy atom. The number of methoxy groups -OCH3 is 2. The van der Waals surface area contributed by atoms with Crippen molar-refractivity contribution in [2.45, 2.75) is 36.8 Å². The number of halogens is 1. The van der Waals surface area contributed by atoms with Gasteiger partial charge in [-0.15, -0.1) is 0 Å². The largest absolute Gasteiger partial charge is 0.497 e.